The van der Waals surface area contributed by atoms with Crippen molar-refractivity contribution in [2.45, 2.75) is 26.3 Å². The molecule has 0 bridgehead atoms. The van der Waals surface area contributed by atoms with Gasteiger partial charge in [-0.15, -0.1) is 0 Å². The van der Waals surface area contributed by atoms with Crippen LogP contribution in [0.1, 0.15) is 24.0 Å². The van der Waals surface area contributed by atoms with Gasteiger partial charge in [0.05, 0.1) is 12.1 Å². The highest BCUT2D eigenvalue weighted by atomic mass is 16.3. The van der Waals surface area contributed by atoms with Crippen molar-refractivity contribution >= 4 is 0 Å². The van der Waals surface area contributed by atoms with E-state index in [9.17, 15) is 0 Å². The van der Waals surface area contributed by atoms with Crippen molar-refractivity contribution in [3.63, 3.8) is 0 Å². The van der Waals surface area contributed by atoms with E-state index in [4.69, 9.17) is 15.3 Å². The molecule has 0 spiro atoms. The van der Waals surface area contributed by atoms with Crippen LogP contribution in [0.3, 0.4) is 0 Å². The number of aryl methyl sites for hydroxylation is 2. The molecule has 3 heteroatoms. The van der Waals surface area contributed by atoms with Gasteiger partial charge in [0, 0.05) is 0 Å². The van der Waals surface area contributed by atoms with E-state index in [0.717, 1.165) is 11.3 Å². The van der Waals surface area contributed by atoms with Gasteiger partial charge in [-0.2, -0.15) is 0 Å². The zero-order chi connectivity index (χ0) is 9.35. The van der Waals surface area contributed by atoms with Gasteiger partial charge in [0.15, 0.2) is 0 Å². The molecule has 1 unspecified atom stereocenters. The van der Waals surface area contributed by atoms with Crippen molar-refractivity contribution < 1.29 is 9.52 Å². The summed E-state index contributed by atoms with van der Waals surface area (Å²) in [5.74, 6) is 1.50. The second kappa shape index (κ2) is 2.92. The normalized spacial score (nSPS) is 16.1. The number of aliphatic hydroxyl groups is 1. The summed E-state index contributed by atoms with van der Waals surface area (Å²) in [6, 6.07) is 1.87. The quantitative estimate of drug-likeness (QED) is 0.696. The van der Waals surface area contributed by atoms with Crippen molar-refractivity contribution in [3.8, 4) is 0 Å². The van der Waals surface area contributed by atoms with Gasteiger partial charge >= 0.3 is 0 Å². The predicted molar refractivity (Wildman–Crippen MR) is 46.8 cm³/mol. The highest BCUT2D eigenvalue weighted by Gasteiger charge is 2.24. The molecule has 0 saturated carbocycles. The molecule has 0 radical (unpaired) electrons. The van der Waals surface area contributed by atoms with Gasteiger partial charge in [0.25, 0.3) is 0 Å². The van der Waals surface area contributed by atoms with Crippen LogP contribution < -0.4 is 5.73 Å². The lowest BCUT2D eigenvalue weighted by atomic mass is 10.0. The van der Waals surface area contributed by atoms with E-state index in [1.165, 1.54) is 0 Å². The van der Waals surface area contributed by atoms with E-state index >= 15 is 0 Å². The minimum atomic E-state index is -0.765. The van der Waals surface area contributed by atoms with Crippen LogP contribution in [0.15, 0.2) is 10.5 Å². The summed E-state index contributed by atoms with van der Waals surface area (Å²) in [5, 5.41) is 8.96. The lowest BCUT2D eigenvalue weighted by Crippen LogP contribution is -2.36. The van der Waals surface area contributed by atoms with Crippen molar-refractivity contribution in [1.29, 1.82) is 0 Å². The van der Waals surface area contributed by atoms with Gasteiger partial charge in [0.2, 0.25) is 0 Å². The van der Waals surface area contributed by atoms with Gasteiger partial charge in [-0.05, 0) is 32.4 Å². The molecule has 12 heavy (non-hydrogen) atoms. The number of hydrogen-bond acceptors (Lipinski definition) is 3. The van der Waals surface area contributed by atoms with Crippen LogP contribution >= 0.6 is 0 Å². The first-order valence-electron chi connectivity index (χ1n) is 3.94. The van der Waals surface area contributed by atoms with E-state index in [1.807, 2.05) is 19.9 Å². The summed E-state index contributed by atoms with van der Waals surface area (Å²) >= 11 is 0. The van der Waals surface area contributed by atoms with Crippen LogP contribution in [0.25, 0.3) is 0 Å². The fraction of sp³-hybridized carbons (Fsp3) is 0.556. The Morgan fingerprint density at radius 2 is 2.17 bits per heavy atom. The second-order valence-electron chi connectivity index (χ2n) is 3.43. The number of furan rings is 1. The van der Waals surface area contributed by atoms with Crippen LogP contribution in [-0.2, 0) is 5.54 Å². The largest absolute Gasteiger partial charge is 0.464 e. The summed E-state index contributed by atoms with van der Waals surface area (Å²) < 4.78 is 5.38. The lowest BCUT2D eigenvalue weighted by Gasteiger charge is -2.17. The van der Waals surface area contributed by atoms with Crippen LogP contribution in [0.5, 0.6) is 0 Å². The van der Waals surface area contributed by atoms with Gasteiger partial charge in [-0.25, -0.2) is 0 Å². The summed E-state index contributed by atoms with van der Waals surface area (Å²) in [5.41, 5.74) is 6.08. The van der Waals surface area contributed by atoms with Crippen molar-refractivity contribution in [3.05, 3.63) is 23.2 Å². The van der Waals surface area contributed by atoms with Crippen molar-refractivity contribution in [2.75, 3.05) is 6.61 Å². The zero-order valence-electron chi connectivity index (χ0n) is 7.72. The molecule has 1 rings (SSSR count). The third-order valence-electron chi connectivity index (χ3n) is 2.06. The summed E-state index contributed by atoms with van der Waals surface area (Å²) in [6.45, 7) is 5.46. The van der Waals surface area contributed by atoms with E-state index in [-0.39, 0.29) is 6.61 Å². The number of nitrogens with two attached hydrogens (primary N) is 1. The molecule has 1 heterocycles. The molecular weight excluding hydrogens is 154 g/mol. The Balaban J connectivity index is 3.04. The first kappa shape index (κ1) is 9.29. The van der Waals surface area contributed by atoms with Crippen LogP contribution in [0, 0.1) is 13.8 Å². The molecule has 1 aromatic rings. The summed E-state index contributed by atoms with van der Waals surface area (Å²) in [7, 11) is 0. The number of aliphatic hydroxyl groups excluding tert-OH is 1. The Bertz CT molecular complexity index is 257. The molecule has 0 aromatic carbocycles. The first-order chi connectivity index (χ1) is 5.47. The standard InChI is InChI=1S/C9H15NO2/c1-6-4-8(12-7(6)2)9(3,10)5-11/h4,11H,5,10H2,1-3H3. The van der Waals surface area contributed by atoms with E-state index in [0.29, 0.717) is 5.76 Å². The van der Waals surface area contributed by atoms with Gasteiger partial charge < -0.3 is 15.3 Å². The maximum atomic E-state index is 8.96. The Kier molecular flexibility index (Phi) is 2.26. The van der Waals surface area contributed by atoms with Crippen molar-refractivity contribution in [2.24, 2.45) is 5.73 Å². The minimum absolute atomic E-state index is 0.112. The van der Waals surface area contributed by atoms with Gasteiger partial charge in [-0.3, -0.25) is 0 Å². The van der Waals surface area contributed by atoms with Gasteiger partial charge in [0.1, 0.15) is 11.5 Å². The van der Waals surface area contributed by atoms with Crippen LogP contribution in [0.4, 0.5) is 0 Å². The fourth-order valence-corrected chi connectivity index (χ4v) is 0.933. The van der Waals surface area contributed by atoms with Crippen molar-refractivity contribution in [1.82, 2.24) is 0 Å². The van der Waals surface area contributed by atoms with Gasteiger partial charge in [-0.1, -0.05) is 0 Å². The average Bonchev–Trinajstić information content (AvgIpc) is 2.33. The Morgan fingerprint density at radius 1 is 1.58 bits per heavy atom. The average molecular weight is 169 g/mol. The topological polar surface area (TPSA) is 59.4 Å². The third-order valence-corrected chi connectivity index (χ3v) is 2.06. The Morgan fingerprint density at radius 3 is 2.50 bits per heavy atom. The second-order valence-corrected chi connectivity index (χ2v) is 3.43. The molecule has 0 aliphatic rings. The lowest BCUT2D eigenvalue weighted by molar-refractivity contribution is 0.187. The van der Waals surface area contributed by atoms with E-state index < -0.39 is 5.54 Å². The summed E-state index contributed by atoms with van der Waals surface area (Å²) in [6.07, 6.45) is 0. The molecule has 0 aliphatic carbocycles. The third kappa shape index (κ3) is 1.52. The van der Waals surface area contributed by atoms with Crippen LogP contribution in [-0.4, -0.2) is 11.7 Å². The highest BCUT2D eigenvalue weighted by Crippen LogP contribution is 2.22. The number of rotatable bonds is 2. The molecular formula is C9H15NO2. The smallest absolute Gasteiger partial charge is 0.126 e. The molecule has 68 valence electrons. The molecule has 1 aromatic heterocycles. The zero-order valence-corrected chi connectivity index (χ0v) is 7.72. The van der Waals surface area contributed by atoms with Crippen LogP contribution in [0.2, 0.25) is 0 Å². The molecule has 0 saturated heterocycles. The first-order valence-corrected chi connectivity index (χ1v) is 3.94. The molecule has 3 nitrogen and oxygen atoms in total. The highest BCUT2D eigenvalue weighted by molar-refractivity contribution is 5.23. The fourth-order valence-electron chi connectivity index (χ4n) is 0.933. The van der Waals surface area contributed by atoms with E-state index in [2.05, 4.69) is 0 Å². The molecule has 0 fully saturated rings. The maximum absolute atomic E-state index is 8.96. The monoisotopic (exact) mass is 169 g/mol. The molecule has 0 aliphatic heterocycles. The molecule has 0 amide bonds. The molecule has 3 N–H and O–H groups in total. The SMILES string of the molecule is Cc1cc(C(C)(N)CO)oc1C. The number of hydrogen-bond donors (Lipinski definition) is 2. The molecule has 1 atom stereocenters. The maximum Gasteiger partial charge on any atom is 0.126 e. The predicted octanol–water partition coefficient (Wildman–Crippen LogP) is 1.06. The van der Waals surface area contributed by atoms with E-state index in [1.54, 1.807) is 6.92 Å². The Labute approximate surface area is 72.2 Å². The minimum Gasteiger partial charge on any atom is -0.464 e. The Hall–Kier alpha value is -0.800. The summed E-state index contributed by atoms with van der Waals surface area (Å²) in [4.78, 5) is 0.